The summed E-state index contributed by atoms with van der Waals surface area (Å²) in [6.45, 7) is 1.20. The topological polar surface area (TPSA) is 76.2 Å². The van der Waals surface area contributed by atoms with Crippen molar-refractivity contribution in [3.05, 3.63) is 24.0 Å². The van der Waals surface area contributed by atoms with Gasteiger partial charge in [-0.25, -0.2) is 4.39 Å². The third-order valence-corrected chi connectivity index (χ3v) is 3.03. The van der Waals surface area contributed by atoms with Crippen molar-refractivity contribution in [2.45, 2.75) is 19.1 Å². The monoisotopic (exact) mass is 279 g/mol. The summed E-state index contributed by atoms with van der Waals surface area (Å²) in [5.74, 6) is -0.238. The summed E-state index contributed by atoms with van der Waals surface area (Å²) in [5, 5.41) is 9.96. The van der Waals surface area contributed by atoms with E-state index < -0.39 is 6.29 Å². The SMILES string of the molecule is O=C(CC1OCCCO1)Nc1n[nH]c2cc(F)ccc12. The number of nitrogens with zero attached hydrogens (tertiary/aromatic N) is 1. The summed E-state index contributed by atoms with van der Waals surface area (Å²) in [6.07, 6.45) is 0.440. The normalized spacial score (nSPS) is 16.4. The van der Waals surface area contributed by atoms with Gasteiger partial charge in [0, 0.05) is 5.39 Å². The maximum atomic E-state index is 13.0. The van der Waals surface area contributed by atoms with Crippen LogP contribution < -0.4 is 5.32 Å². The highest BCUT2D eigenvalue weighted by Crippen LogP contribution is 2.21. The Balaban J connectivity index is 1.67. The molecule has 1 aromatic carbocycles. The van der Waals surface area contributed by atoms with E-state index in [4.69, 9.17) is 9.47 Å². The quantitative estimate of drug-likeness (QED) is 0.898. The highest BCUT2D eigenvalue weighted by molar-refractivity contribution is 5.99. The first-order valence-electron chi connectivity index (χ1n) is 6.39. The Labute approximate surface area is 114 Å². The fourth-order valence-corrected chi connectivity index (χ4v) is 2.08. The molecule has 2 N–H and O–H groups in total. The molecule has 1 saturated heterocycles. The van der Waals surface area contributed by atoms with Crippen LogP contribution in [0.25, 0.3) is 10.9 Å². The van der Waals surface area contributed by atoms with E-state index in [-0.39, 0.29) is 18.1 Å². The van der Waals surface area contributed by atoms with Crippen LogP contribution in [-0.4, -0.2) is 35.6 Å². The van der Waals surface area contributed by atoms with E-state index in [1.54, 1.807) is 6.07 Å². The highest BCUT2D eigenvalue weighted by Gasteiger charge is 2.19. The van der Waals surface area contributed by atoms with Crippen molar-refractivity contribution < 1.29 is 18.7 Å². The van der Waals surface area contributed by atoms with E-state index in [0.29, 0.717) is 29.9 Å². The molecule has 1 fully saturated rings. The Morgan fingerprint density at radius 3 is 3.05 bits per heavy atom. The number of rotatable bonds is 3. The van der Waals surface area contributed by atoms with Crippen LogP contribution in [0, 0.1) is 5.82 Å². The summed E-state index contributed by atoms with van der Waals surface area (Å²) < 4.78 is 23.7. The molecule has 2 heterocycles. The van der Waals surface area contributed by atoms with Crippen LogP contribution in [0.2, 0.25) is 0 Å². The second-order valence-electron chi connectivity index (χ2n) is 4.54. The molecule has 7 heteroatoms. The van der Waals surface area contributed by atoms with E-state index in [0.717, 1.165) is 6.42 Å². The number of fused-ring (bicyclic) bond motifs is 1. The largest absolute Gasteiger partial charge is 0.352 e. The number of benzene rings is 1. The standard InChI is InChI=1S/C13H14FN3O3/c14-8-2-3-9-10(6-8)16-17-13(9)15-11(18)7-12-19-4-1-5-20-12/h2-3,6,12H,1,4-5,7H2,(H2,15,16,17,18). The fraction of sp³-hybridized carbons (Fsp3) is 0.385. The number of amides is 1. The van der Waals surface area contributed by atoms with Gasteiger partial charge in [0.1, 0.15) is 5.82 Å². The minimum absolute atomic E-state index is 0.107. The zero-order valence-corrected chi connectivity index (χ0v) is 10.7. The van der Waals surface area contributed by atoms with Gasteiger partial charge in [-0.15, -0.1) is 0 Å². The van der Waals surface area contributed by atoms with Crippen LogP contribution in [0.5, 0.6) is 0 Å². The van der Waals surface area contributed by atoms with Gasteiger partial charge in [-0.1, -0.05) is 0 Å². The zero-order valence-electron chi connectivity index (χ0n) is 10.7. The Morgan fingerprint density at radius 1 is 1.45 bits per heavy atom. The molecule has 0 saturated carbocycles. The van der Waals surface area contributed by atoms with Gasteiger partial charge in [-0.3, -0.25) is 9.89 Å². The number of hydrogen-bond donors (Lipinski definition) is 2. The molecule has 1 aromatic heterocycles. The average molecular weight is 279 g/mol. The zero-order chi connectivity index (χ0) is 13.9. The van der Waals surface area contributed by atoms with Crippen LogP contribution in [0.4, 0.5) is 10.2 Å². The van der Waals surface area contributed by atoms with Crippen LogP contribution in [0.15, 0.2) is 18.2 Å². The summed E-state index contributed by atoms with van der Waals surface area (Å²) in [6, 6.07) is 4.21. The second-order valence-corrected chi connectivity index (χ2v) is 4.54. The lowest BCUT2D eigenvalue weighted by Gasteiger charge is -2.22. The van der Waals surface area contributed by atoms with Gasteiger partial charge in [0.15, 0.2) is 12.1 Å². The third-order valence-electron chi connectivity index (χ3n) is 3.03. The Bertz CT molecular complexity index is 622. The maximum absolute atomic E-state index is 13.0. The third kappa shape index (κ3) is 2.78. The van der Waals surface area contributed by atoms with Crippen LogP contribution in [-0.2, 0) is 14.3 Å². The lowest BCUT2D eigenvalue weighted by Crippen LogP contribution is -2.29. The molecule has 3 rings (SSSR count). The predicted octanol–water partition coefficient (Wildman–Crippen LogP) is 1.79. The minimum Gasteiger partial charge on any atom is -0.352 e. The molecule has 1 aliphatic rings. The summed E-state index contributed by atoms with van der Waals surface area (Å²) in [7, 11) is 0. The Morgan fingerprint density at radius 2 is 2.25 bits per heavy atom. The Kier molecular flexibility index (Phi) is 3.62. The van der Waals surface area contributed by atoms with Crippen molar-refractivity contribution in [3.63, 3.8) is 0 Å². The lowest BCUT2D eigenvalue weighted by atomic mass is 10.2. The molecule has 2 aromatic rings. The molecule has 1 amide bonds. The molecule has 0 bridgehead atoms. The molecule has 20 heavy (non-hydrogen) atoms. The van der Waals surface area contributed by atoms with Crippen molar-refractivity contribution in [2.24, 2.45) is 0 Å². The van der Waals surface area contributed by atoms with Gasteiger partial charge in [0.25, 0.3) is 0 Å². The molecule has 106 valence electrons. The van der Waals surface area contributed by atoms with Crippen LogP contribution >= 0.6 is 0 Å². The lowest BCUT2D eigenvalue weighted by molar-refractivity contribution is -0.182. The van der Waals surface area contributed by atoms with Crippen molar-refractivity contribution in [1.82, 2.24) is 10.2 Å². The predicted molar refractivity (Wildman–Crippen MR) is 69.6 cm³/mol. The number of ether oxygens (including phenoxy) is 2. The van der Waals surface area contributed by atoms with Gasteiger partial charge < -0.3 is 14.8 Å². The molecule has 1 aliphatic heterocycles. The number of nitrogens with one attached hydrogen (secondary N) is 2. The number of H-pyrrole nitrogens is 1. The summed E-state index contributed by atoms with van der Waals surface area (Å²) in [5.41, 5.74) is 0.533. The number of carbonyl (C=O) groups excluding carboxylic acids is 1. The van der Waals surface area contributed by atoms with Gasteiger partial charge in [0.05, 0.1) is 25.2 Å². The molecule has 0 radical (unpaired) electrons. The number of aromatic amines is 1. The number of hydrogen-bond acceptors (Lipinski definition) is 4. The maximum Gasteiger partial charge on any atom is 0.230 e. The van der Waals surface area contributed by atoms with Gasteiger partial charge in [-0.05, 0) is 24.6 Å². The number of aromatic nitrogens is 2. The van der Waals surface area contributed by atoms with Crippen LogP contribution in [0.3, 0.4) is 0 Å². The molecule has 6 nitrogen and oxygen atoms in total. The highest BCUT2D eigenvalue weighted by atomic mass is 19.1. The van der Waals surface area contributed by atoms with Crippen molar-refractivity contribution in [3.8, 4) is 0 Å². The number of halogens is 1. The molecular formula is C13H14FN3O3. The second kappa shape index (κ2) is 5.56. The molecule has 0 atom stereocenters. The number of anilines is 1. The molecule has 0 spiro atoms. The van der Waals surface area contributed by atoms with Gasteiger partial charge in [0.2, 0.25) is 5.91 Å². The fourth-order valence-electron chi connectivity index (χ4n) is 2.08. The van der Waals surface area contributed by atoms with Crippen molar-refractivity contribution in [1.29, 1.82) is 0 Å². The van der Waals surface area contributed by atoms with Gasteiger partial charge >= 0.3 is 0 Å². The van der Waals surface area contributed by atoms with E-state index in [2.05, 4.69) is 15.5 Å². The van der Waals surface area contributed by atoms with E-state index >= 15 is 0 Å². The number of carbonyl (C=O) groups is 1. The minimum atomic E-state index is -0.508. The molecule has 0 aliphatic carbocycles. The van der Waals surface area contributed by atoms with Crippen molar-refractivity contribution >= 4 is 22.6 Å². The van der Waals surface area contributed by atoms with E-state index in [9.17, 15) is 9.18 Å². The van der Waals surface area contributed by atoms with Crippen molar-refractivity contribution in [2.75, 3.05) is 18.5 Å². The first-order chi connectivity index (χ1) is 9.72. The first kappa shape index (κ1) is 13.0. The van der Waals surface area contributed by atoms with Crippen LogP contribution in [0.1, 0.15) is 12.8 Å². The molecular weight excluding hydrogens is 265 g/mol. The first-order valence-corrected chi connectivity index (χ1v) is 6.39. The van der Waals surface area contributed by atoms with E-state index in [1.807, 2.05) is 0 Å². The smallest absolute Gasteiger partial charge is 0.230 e. The van der Waals surface area contributed by atoms with E-state index in [1.165, 1.54) is 12.1 Å². The van der Waals surface area contributed by atoms with Gasteiger partial charge in [-0.2, -0.15) is 5.10 Å². The summed E-state index contributed by atoms with van der Waals surface area (Å²) >= 11 is 0. The molecule has 0 unspecified atom stereocenters. The average Bonchev–Trinajstić information content (AvgIpc) is 2.82. The summed E-state index contributed by atoms with van der Waals surface area (Å²) in [4.78, 5) is 11.9. The Hall–Kier alpha value is -1.99.